The molecule has 0 saturated carbocycles. The standard InChI is InChI=1S/C11H8ClFN2O2/c1-17-11(16)10-5-9(14-15-10)7-3-2-6(13)4-8(7)12/h2-5H,1H3,(H,14,15). The lowest BCUT2D eigenvalue weighted by atomic mass is 10.1. The Kier molecular flexibility index (Phi) is 3.10. The number of nitrogens with one attached hydrogen (secondary N) is 1. The topological polar surface area (TPSA) is 55.0 Å². The largest absolute Gasteiger partial charge is 0.464 e. The van der Waals surface area contributed by atoms with E-state index in [1.807, 2.05) is 0 Å². The molecule has 1 N–H and O–H groups in total. The number of hydrogen-bond acceptors (Lipinski definition) is 3. The summed E-state index contributed by atoms with van der Waals surface area (Å²) in [6.07, 6.45) is 0. The van der Waals surface area contributed by atoms with Crippen molar-refractivity contribution in [2.45, 2.75) is 0 Å². The lowest BCUT2D eigenvalue weighted by Crippen LogP contribution is -2.00. The fourth-order valence-electron chi connectivity index (χ4n) is 1.37. The first kappa shape index (κ1) is 11.6. The molecule has 4 nitrogen and oxygen atoms in total. The smallest absolute Gasteiger partial charge is 0.356 e. The first-order valence-electron chi connectivity index (χ1n) is 4.71. The van der Waals surface area contributed by atoms with Crippen LogP contribution < -0.4 is 0 Å². The van der Waals surface area contributed by atoms with E-state index >= 15 is 0 Å². The summed E-state index contributed by atoms with van der Waals surface area (Å²) in [5.41, 5.74) is 1.21. The van der Waals surface area contributed by atoms with Crippen LogP contribution in [0.25, 0.3) is 11.3 Å². The summed E-state index contributed by atoms with van der Waals surface area (Å²) in [5, 5.41) is 6.66. The zero-order chi connectivity index (χ0) is 12.4. The Morgan fingerprint density at radius 3 is 2.88 bits per heavy atom. The van der Waals surface area contributed by atoms with Crippen molar-refractivity contribution in [1.29, 1.82) is 0 Å². The number of esters is 1. The number of methoxy groups -OCH3 is 1. The molecule has 0 radical (unpaired) electrons. The third-order valence-corrected chi connectivity index (χ3v) is 2.50. The Bertz CT molecular complexity index is 568. The number of aromatic amines is 1. The molecule has 0 atom stereocenters. The summed E-state index contributed by atoms with van der Waals surface area (Å²) in [5.74, 6) is -0.954. The van der Waals surface area contributed by atoms with Crippen LogP contribution in [0.5, 0.6) is 0 Å². The molecule has 0 amide bonds. The highest BCUT2D eigenvalue weighted by Gasteiger charge is 2.13. The molecular weight excluding hydrogens is 247 g/mol. The van der Waals surface area contributed by atoms with Gasteiger partial charge in [0.25, 0.3) is 0 Å². The van der Waals surface area contributed by atoms with Gasteiger partial charge in [0.2, 0.25) is 0 Å². The highest BCUT2D eigenvalue weighted by atomic mass is 35.5. The first-order valence-corrected chi connectivity index (χ1v) is 5.09. The molecule has 0 bridgehead atoms. The number of carbonyl (C=O) groups is 1. The lowest BCUT2D eigenvalue weighted by molar-refractivity contribution is 0.0594. The van der Waals surface area contributed by atoms with E-state index in [2.05, 4.69) is 14.9 Å². The fourth-order valence-corrected chi connectivity index (χ4v) is 1.64. The molecule has 6 heteroatoms. The monoisotopic (exact) mass is 254 g/mol. The molecule has 0 unspecified atom stereocenters. The summed E-state index contributed by atoms with van der Waals surface area (Å²) in [4.78, 5) is 11.2. The molecule has 2 rings (SSSR count). The number of nitrogens with zero attached hydrogens (tertiary/aromatic N) is 1. The van der Waals surface area contributed by atoms with Gasteiger partial charge in [-0.25, -0.2) is 9.18 Å². The Hall–Kier alpha value is -1.88. The normalized spacial score (nSPS) is 10.3. The van der Waals surface area contributed by atoms with E-state index in [-0.39, 0.29) is 10.7 Å². The van der Waals surface area contributed by atoms with Gasteiger partial charge in [0, 0.05) is 5.56 Å². The van der Waals surface area contributed by atoms with Gasteiger partial charge in [-0.05, 0) is 24.3 Å². The Morgan fingerprint density at radius 2 is 2.24 bits per heavy atom. The number of benzene rings is 1. The fraction of sp³-hybridized carbons (Fsp3) is 0.0909. The highest BCUT2D eigenvalue weighted by Crippen LogP contribution is 2.27. The molecule has 0 saturated heterocycles. The van der Waals surface area contributed by atoms with Crippen LogP contribution >= 0.6 is 11.6 Å². The van der Waals surface area contributed by atoms with E-state index in [1.165, 1.54) is 31.4 Å². The van der Waals surface area contributed by atoms with Gasteiger partial charge in [-0.2, -0.15) is 5.10 Å². The van der Waals surface area contributed by atoms with Gasteiger partial charge in [-0.15, -0.1) is 0 Å². The van der Waals surface area contributed by atoms with E-state index in [0.29, 0.717) is 11.3 Å². The molecule has 17 heavy (non-hydrogen) atoms. The second kappa shape index (κ2) is 4.55. The third kappa shape index (κ3) is 2.29. The third-order valence-electron chi connectivity index (χ3n) is 2.19. The van der Waals surface area contributed by atoms with Crippen molar-refractivity contribution in [2.75, 3.05) is 7.11 Å². The number of rotatable bonds is 2. The van der Waals surface area contributed by atoms with Gasteiger partial charge in [0.15, 0.2) is 0 Å². The molecule has 1 aromatic carbocycles. The highest BCUT2D eigenvalue weighted by molar-refractivity contribution is 6.33. The molecule has 0 aliphatic rings. The predicted molar refractivity (Wildman–Crippen MR) is 60.3 cm³/mol. The Morgan fingerprint density at radius 1 is 1.47 bits per heavy atom. The van der Waals surface area contributed by atoms with Crippen LogP contribution in [0.1, 0.15) is 10.5 Å². The molecule has 1 aromatic heterocycles. The van der Waals surface area contributed by atoms with Gasteiger partial charge >= 0.3 is 5.97 Å². The quantitative estimate of drug-likeness (QED) is 0.839. The Labute approximate surface area is 101 Å². The van der Waals surface area contributed by atoms with Crippen molar-refractivity contribution < 1.29 is 13.9 Å². The van der Waals surface area contributed by atoms with Crippen LogP contribution in [0.4, 0.5) is 4.39 Å². The van der Waals surface area contributed by atoms with E-state index in [0.717, 1.165) is 0 Å². The van der Waals surface area contributed by atoms with E-state index < -0.39 is 11.8 Å². The molecule has 2 aromatic rings. The molecule has 1 heterocycles. The number of hydrogen-bond donors (Lipinski definition) is 1. The summed E-state index contributed by atoms with van der Waals surface area (Å²) < 4.78 is 17.4. The molecule has 0 aliphatic carbocycles. The number of carbonyl (C=O) groups excluding carboxylic acids is 1. The van der Waals surface area contributed by atoms with Crippen molar-refractivity contribution in [1.82, 2.24) is 10.2 Å². The summed E-state index contributed by atoms with van der Waals surface area (Å²) in [7, 11) is 1.27. The second-order valence-electron chi connectivity index (χ2n) is 3.28. The van der Waals surface area contributed by atoms with Crippen molar-refractivity contribution in [3.8, 4) is 11.3 Å². The molecule has 88 valence electrons. The minimum atomic E-state index is -0.526. The minimum Gasteiger partial charge on any atom is -0.464 e. The maximum absolute atomic E-state index is 12.9. The summed E-state index contributed by atoms with van der Waals surface area (Å²) >= 11 is 5.88. The maximum atomic E-state index is 12.9. The maximum Gasteiger partial charge on any atom is 0.356 e. The van der Waals surface area contributed by atoms with E-state index in [9.17, 15) is 9.18 Å². The molecule has 0 fully saturated rings. The minimum absolute atomic E-state index is 0.211. The van der Waals surface area contributed by atoms with Crippen LogP contribution in [0.3, 0.4) is 0 Å². The van der Waals surface area contributed by atoms with Crippen LogP contribution in [-0.4, -0.2) is 23.3 Å². The van der Waals surface area contributed by atoms with Gasteiger partial charge in [-0.1, -0.05) is 11.6 Å². The second-order valence-corrected chi connectivity index (χ2v) is 3.69. The van der Waals surface area contributed by atoms with Gasteiger partial charge in [0.1, 0.15) is 11.5 Å². The predicted octanol–water partition coefficient (Wildman–Crippen LogP) is 2.66. The lowest BCUT2D eigenvalue weighted by Gasteiger charge is -1.99. The van der Waals surface area contributed by atoms with Crippen LogP contribution in [0.15, 0.2) is 24.3 Å². The van der Waals surface area contributed by atoms with Crippen molar-refractivity contribution in [3.63, 3.8) is 0 Å². The van der Waals surface area contributed by atoms with E-state index in [4.69, 9.17) is 11.6 Å². The average molecular weight is 255 g/mol. The summed E-state index contributed by atoms with van der Waals surface area (Å²) in [6.45, 7) is 0. The van der Waals surface area contributed by atoms with Crippen LogP contribution in [0.2, 0.25) is 5.02 Å². The van der Waals surface area contributed by atoms with Crippen molar-refractivity contribution >= 4 is 17.6 Å². The van der Waals surface area contributed by atoms with E-state index in [1.54, 1.807) is 0 Å². The van der Waals surface area contributed by atoms with Crippen LogP contribution in [0, 0.1) is 5.82 Å². The van der Waals surface area contributed by atoms with Gasteiger partial charge < -0.3 is 4.74 Å². The zero-order valence-electron chi connectivity index (χ0n) is 8.83. The average Bonchev–Trinajstić information content (AvgIpc) is 2.77. The van der Waals surface area contributed by atoms with Gasteiger partial charge in [0.05, 0.1) is 17.8 Å². The first-order chi connectivity index (χ1) is 8.11. The van der Waals surface area contributed by atoms with Gasteiger partial charge in [-0.3, -0.25) is 5.10 Å². The Balaban J connectivity index is 2.40. The van der Waals surface area contributed by atoms with Crippen molar-refractivity contribution in [3.05, 3.63) is 40.8 Å². The molecular formula is C11H8ClFN2O2. The van der Waals surface area contributed by atoms with Crippen molar-refractivity contribution in [2.24, 2.45) is 0 Å². The molecule has 0 aliphatic heterocycles. The number of ether oxygens (including phenoxy) is 1. The number of halogens is 2. The summed E-state index contributed by atoms with van der Waals surface area (Å²) in [6, 6.07) is 5.44. The zero-order valence-corrected chi connectivity index (χ0v) is 9.58. The SMILES string of the molecule is COC(=O)c1cc(-c2ccc(F)cc2Cl)n[nH]1. The van der Waals surface area contributed by atoms with Crippen LogP contribution in [-0.2, 0) is 4.74 Å². The number of H-pyrrole nitrogens is 1. The number of aromatic nitrogens is 2. The molecule has 0 spiro atoms.